The molecule has 16 nitrogen and oxygen atoms in total. The number of phenols is 1. The Balaban J connectivity index is 1.16. The Hall–Kier alpha value is -5.69. The summed E-state index contributed by atoms with van der Waals surface area (Å²) in [4.78, 5) is 71.3. The Morgan fingerprint density at radius 3 is 2.38 bits per heavy atom. The number of aliphatic hydroxyl groups excluding tert-OH is 2. The Morgan fingerprint density at radius 2 is 1.76 bits per heavy atom. The Morgan fingerprint density at radius 1 is 1.07 bits per heavy atom. The molecule has 58 heavy (non-hydrogen) atoms. The van der Waals surface area contributed by atoms with Crippen molar-refractivity contribution in [3.8, 4) is 5.75 Å². The van der Waals surface area contributed by atoms with Crippen molar-refractivity contribution in [2.75, 3.05) is 45.3 Å². The third-order valence-electron chi connectivity index (χ3n) is 12.3. The van der Waals surface area contributed by atoms with Gasteiger partial charge in [0.15, 0.2) is 17.2 Å². The predicted molar refractivity (Wildman–Crippen MR) is 203 cm³/mol. The molecule has 7 rings (SSSR count). The molecule has 1 aliphatic heterocycles. The van der Waals surface area contributed by atoms with Crippen LogP contribution in [0.3, 0.4) is 0 Å². The van der Waals surface area contributed by atoms with E-state index in [2.05, 4.69) is 5.32 Å². The number of amides is 1. The second-order valence-corrected chi connectivity index (χ2v) is 15.7. The lowest BCUT2D eigenvalue weighted by molar-refractivity contribution is -0.159. The van der Waals surface area contributed by atoms with E-state index in [1.165, 1.54) is 53.6 Å². The van der Waals surface area contributed by atoms with Crippen LogP contribution >= 0.6 is 0 Å². The topological polar surface area (TPSA) is 233 Å². The number of piperazine rings is 1. The average molecular weight is 808 g/mol. The summed E-state index contributed by atoms with van der Waals surface area (Å²) in [7, 11) is 2.97. The number of likely N-dealkylation sites (N-methyl/N-ethyl adjacent to an activating group) is 1. The fourth-order valence-electron chi connectivity index (χ4n) is 9.35. The molecule has 1 aromatic heterocycles. The summed E-state index contributed by atoms with van der Waals surface area (Å²) < 4.78 is 32.9. The molecule has 4 aliphatic rings. The summed E-state index contributed by atoms with van der Waals surface area (Å²) in [5.74, 6) is -11.9. The average Bonchev–Trinajstić information content (AvgIpc) is 3.15. The van der Waals surface area contributed by atoms with Crippen molar-refractivity contribution in [3.05, 3.63) is 85.9 Å². The number of phenolic OH excluding ortho intramolecular Hbond substituents is 1. The number of aryl methyl sites for hydroxylation is 1. The van der Waals surface area contributed by atoms with Crippen LogP contribution in [0.5, 0.6) is 5.75 Å². The summed E-state index contributed by atoms with van der Waals surface area (Å²) in [5.41, 5.74) is -8.61. The van der Waals surface area contributed by atoms with Gasteiger partial charge in [-0.25, -0.2) is 13.6 Å². The normalized spacial score (nSPS) is 27.5. The number of fused-ring (bicyclic) bond motifs is 4. The number of hydrogen-bond acceptors (Lipinski definition) is 13. The van der Waals surface area contributed by atoms with Crippen LogP contribution in [-0.4, -0.2) is 127 Å². The minimum Gasteiger partial charge on any atom is -0.508 e. The maximum absolute atomic E-state index is 16.1. The van der Waals surface area contributed by atoms with Crippen LogP contribution in [-0.2, 0) is 26.5 Å². The highest BCUT2D eigenvalue weighted by atomic mass is 19.1. The smallest absolute Gasteiger partial charge is 0.341 e. The zero-order valence-corrected chi connectivity index (χ0v) is 32.2. The zero-order valence-electron chi connectivity index (χ0n) is 32.2. The SMILES string of the molecule is CCn1cc(C(=O)O)c(=O)c2cc(F)c(N3CCN(CNC(=O)C4=C(O)[C@@]5(O)C(=O)C6=C(O)c7c(O)cccc7[C@@](C)(O)[C@H]6C[C@H]5[C@H](N(C)C)C4=O)C(C)C3)c(F)c21. The first-order chi connectivity index (χ1) is 27.2. The largest absolute Gasteiger partial charge is 0.508 e. The number of halogens is 2. The number of aromatic nitrogens is 1. The third kappa shape index (κ3) is 5.71. The van der Waals surface area contributed by atoms with E-state index in [1.54, 1.807) is 18.7 Å². The van der Waals surface area contributed by atoms with Gasteiger partial charge in [-0.05, 0) is 59.0 Å². The number of carbonyl (C=O) groups is 4. The number of aromatic hydroxyl groups is 1. The summed E-state index contributed by atoms with van der Waals surface area (Å²) >= 11 is 0. The first-order valence-corrected chi connectivity index (χ1v) is 18.6. The van der Waals surface area contributed by atoms with Crippen LogP contribution in [0.4, 0.5) is 14.5 Å². The van der Waals surface area contributed by atoms with E-state index in [4.69, 9.17) is 0 Å². The van der Waals surface area contributed by atoms with Crippen LogP contribution in [0.15, 0.2) is 52.2 Å². The first kappa shape index (κ1) is 40.5. The fraction of sp³-hybridized carbons (Fsp3) is 0.425. The molecule has 1 amide bonds. The number of ketones is 2. The Labute approximate surface area is 329 Å². The lowest BCUT2D eigenvalue weighted by atomic mass is 9.54. The second kappa shape index (κ2) is 14.0. The molecule has 3 aromatic rings. The molecule has 3 aliphatic carbocycles. The maximum Gasteiger partial charge on any atom is 0.341 e. The van der Waals surface area contributed by atoms with Crippen LogP contribution in [0.2, 0.25) is 0 Å². The molecule has 2 fully saturated rings. The van der Waals surface area contributed by atoms with Gasteiger partial charge < -0.3 is 45.4 Å². The molecular weight excluding hydrogens is 764 g/mol. The van der Waals surface area contributed by atoms with Crippen molar-refractivity contribution >= 4 is 45.8 Å². The van der Waals surface area contributed by atoms with Crippen molar-refractivity contribution < 1.29 is 58.6 Å². The van der Waals surface area contributed by atoms with Gasteiger partial charge in [-0.15, -0.1) is 0 Å². The van der Waals surface area contributed by atoms with Crippen LogP contribution in [0, 0.1) is 23.5 Å². The summed E-state index contributed by atoms with van der Waals surface area (Å²) in [6.45, 7) is 4.70. The van der Waals surface area contributed by atoms with Gasteiger partial charge in [-0.2, -0.15) is 0 Å². The minimum absolute atomic E-state index is 0.0204. The molecular formula is C40H43F2N5O11. The number of Topliss-reactive ketones (excluding diaryl/α,β-unsaturated/α-hetero) is 2. The molecule has 308 valence electrons. The predicted octanol–water partition coefficient (Wildman–Crippen LogP) is 1.74. The van der Waals surface area contributed by atoms with Crippen molar-refractivity contribution in [2.45, 2.75) is 57.0 Å². The summed E-state index contributed by atoms with van der Waals surface area (Å²) in [5, 5.41) is 69.1. The third-order valence-corrected chi connectivity index (χ3v) is 12.3. The van der Waals surface area contributed by atoms with Gasteiger partial charge in [0, 0.05) is 55.8 Å². The van der Waals surface area contributed by atoms with E-state index in [-0.39, 0.29) is 55.9 Å². The summed E-state index contributed by atoms with van der Waals surface area (Å²) in [6.07, 6.45) is 0.718. The molecule has 1 saturated carbocycles. The Kier molecular flexibility index (Phi) is 9.78. The van der Waals surface area contributed by atoms with Crippen molar-refractivity contribution in [1.82, 2.24) is 19.7 Å². The number of rotatable bonds is 7. The fourth-order valence-corrected chi connectivity index (χ4v) is 9.35. The highest BCUT2D eigenvalue weighted by Gasteiger charge is 2.66. The minimum atomic E-state index is -2.90. The molecule has 0 radical (unpaired) electrons. The van der Waals surface area contributed by atoms with E-state index >= 15 is 8.78 Å². The highest BCUT2D eigenvalue weighted by molar-refractivity contribution is 6.25. The lowest BCUT2D eigenvalue weighted by Gasteiger charge is -2.53. The standard InChI is InChI=1S/C40H43F2N5O11/c1-6-45-15-19(38(55)56)32(49)18-12-23(41)31(28(42)29(18)45)46-10-11-47(17(2)14-46)16-43-37(54)27-34(51)30(44(4)5)22-13-21-26(35(52)40(22,58)36(27)53)33(50)25-20(39(21,3)57)8-7-9-24(25)48/h7-9,12,15,17,21-22,30,48,50,53,57-58H,6,10-11,13-14,16H2,1-5H3,(H,43,54)(H,55,56)/t17?,21-,22-,30-,39+,40-/m0/s1. The quantitative estimate of drug-likeness (QED) is 0.169. The zero-order chi connectivity index (χ0) is 42.5. The van der Waals surface area contributed by atoms with Crippen molar-refractivity contribution in [2.24, 2.45) is 11.8 Å². The number of carbonyl (C=O) groups excluding carboxylic acids is 3. The number of aliphatic hydroxyl groups is 4. The number of pyridine rings is 1. The van der Waals surface area contributed by atoms with Gasteiger partial charge >= 0.3 is 5.97 Å². The van der Waals surface area contributed by atoms with Gasteiger partial charge in [0.1, 0.15) is 39.9 Å². The van der Waals surface area contributed by atoms with Gasteiger partial charge in [-0.3, -0.25) is 29.0 Å². The molecule has 18 heteroatoms. The van der Waals surface area contributed by atoms with E-state index in [0.29, 0.717) is 0 Å². The van der Waals surface area contributed by atoms with Crippen molar-refractivity contribution in [1.29, 1.82) is 0 Å². The molecule has 7 N–H and O–H groups in total. The number of anilines is 1. The second-order valence-electron chi connectivity index (χ2n) is 15.7. The van der Waals surface area contributed by atoms with Crippen LogP contribution < -0.4 is 15.6 Å². The summed E-state index contributed by atoms with van der Waals surface area (Å²) in [6, 6.07) is 3.13. The van der Waals surface area contributed by atoms with E-state index in [0.717, 1.165) is 12.3 Å². The molecule has 2 aromatic carbocycles. The number of carboxylic acids is 1. The number of aromatic carboxylic acids is 1. The van der Waals surface area contributed by atoms with E-state index in [9.17, 15) is 54.6 Å². The molecule has 2 heterocycles. The maximum atomic E-state index is 16.1. The first-order valence-electron chi connectivity index (χ1n) is 18.6. The Bertz CT molecular complexity index is 2460. The molecule has 0 bridgehead atoms. The van der Waals surface area contributed by atoms with Gasteiger partial charge in [0.05, 0.1) is 34.8 Å². The molecule has 1 unspecified atom stereocenters. The number of carboxylic acid groups (broad SMARTS) is 1. The van der Waals surface area contributed by atoms with Gasteiger partial charge in [0.2, 0.25) is 11.2 Å². The van der Waals surface area contributed by atoms with E-state index in [1.807, 2.05) is 0 Å². The van der Waals surface area contributed by atoms with Crippen LogP contribution in [0.25, 0.3) is 16.7 Å². The van der Waals surface area contributed by atoms with Gasteiger partial charge in [0.25, 0.3) is 5.91 Å². The molecule has 1 saturated heterocycles. The van der Waals surface area contributed by atoms with Crippen molar-refractivity contribution in [3.63, 3.8) is 0 Å². The number of nitrogens with zero attached hydrogens (tertiary/aromatic N) is 4. The molecule has 6 atom stereocenters. The monoisotopic (exact) mass is 807 g/mol. The van der Waals surface area contributed by atoms with Crippen LogP contribution in [0.1, 0.15) is 48.7 Å². The number of hydrogen-bond donors (Lipinski definition) is 7. The highest BCUT2D eigenvalue weighted by Crippen LogP contribution is 2.57. The number of nitrogens with one attached hydrogen (secondary N) is 1. The van der Waals surface area contributed by atoms with Gasteiger partial charge in [-0.1, -0.05) is 12.1 Å². The number of benzene rings is 2. The van der Waals surface area contributed by atoms with E-state index < -0.39 is 121 Å². The lowest BCUT2D eigenvalue weighted by Crippen LogP contribution is -2.67. The molecule has 0 spiro atoms.